The zero-order valence-corrected chi connectivity index (χ0v) is 11.3. The van der Waals surface area contributed by atoms with Crippen molar-refractivity contribution in [1.29, 1.82) is 0 Å². The molecule has 0 aliphatic rings. The molecule has 19 heavy (non-hydrogen) atoms. The monoisotopic (exact) mass is 274 g/mol. The van der Waals surface area contributed by atoms with Gasteiger partial charge in [0.2, 0.25) is 0 Å². The van der Waals surface area contributed by atoms with Gasteiger partial charge in [0.15, 0.2) is 0 Å². The molecule has 0 N–H and O–H groups in total. The number of thiophene rings is 1. The lowest BCUT2D eigenvalue weighted by Crippen LogP contribution is -1.93. The summed E-state index contributed by atoms with van der Waals surface area (Å²) in [6.45, 7) is 1.83. The molecule has 0 unspecified atom stereocenters. The van der Waals surface area contributed by atoms with Gasteiger partial charge in [-0.2, -0.15) is 0 Å². The van der Waals surface area contributed by atoms with Gasteiger partial charge in [-0.15, -0.1) is 11.3 Å². The first-order valence-electron chi connectivity index (χ1n) is 5.74. The number of hydrogen-bond donors (Lipinski definition) is 0. The van der Waals surface area contributed by atoms with Crippen molar-refractivity contribution in [1.82, 2.24) is 9.97 Å². The summed E-state index contributed by atoms with van der Waals surface area (Å²) in [6.07, 6.45) is 0. The predicted molar refractivity (Wildman–Crippen MR) is 74.1 cm³/mol. The number of nitrogens with zero attached hydrogens (tertiary/aromatic N) is 2. The number of aromatic nitrogens is 2. The Labute approximate surface area is 113 Å². The molecule has 3 aromatic rings. The number of rotatable bonds is 2. The summed E-state index contributed by atoms with van der Waals surface area (Å²) in [5.74, 6) is 0.815. The summed E-state index contributed by atoms with van der Waals surface area (Å²) in [5, 5.41) is 1.96. The Balaban J connectivity index is 2.29. The van der Waals surface area contributed by atoms with Crippen molar-refractivity contribution < 1.29 is 9.13 Å². The van der Waals surface area contributed by atoms with E-state index in [1.54, 1.807) is 17.4 Å². The number of halogens is 1. The van der Waals surface area contributed by atoms with E-state index in [1.807, 2.05) is 18.4 Å². The normalized spacial score (nSPS) is 10.9. The summed E-state index contributed by atoms with van der Waals surface area (Å²) in [5.41, 5.74) is 2.33. The van der Waals surface area contributed by atoms with Gasteiger partial charge in [0.05, 0.1) is 23.0 Å². The number of ether oxygens (including phenoxy) is 1. The quantitative estimate of drug-likeness (QED) is 0.712. The standard InChI is InChI=1S/C14H11FN2OS/c1-8-16-12-3-4-19-14(12)13(17-8)9-5-10(15)7-11(6-9)18-2/h3-7H,1-2H3. The van der Waals surface area contributed by atoms with Crippen LogP contribution in [0.3, 0.4) is 0 Å². The van der Waals surface area contributed by atoms with Crippen LogP contribution >= 0.6 is 11.3 Å². The molecule has 0 saturated heterocycles. The summed E-state index contributed by atoms with van der Waals surface area (Å²) in [7, 11) is 1.52. The summed E-state index contributed by atoms with van der Waals surface area (Å²) in [4.78, 5) is 8.80. The average molecular weight is 274 g/mol. The van der Waals surface area contributed by atoms with Crippen LogP contribution in [-0.4, -0.2) is 17.1 Å². The minimum absolute atomic E-state index is 0.338. The van der Waals surface area contributed by atoms with Gasteiger partial charge in [-0.3, -0.25) is 0 Å². The van der Waals surface area contributed by atoms with Gasteiger partial charge in [-0.25, -0.2) is 14.4 Å². The number of fused-ring (bicyclic) bond motifs is 1. The predicted octanol–water partition coefficient (Wildman–Crippen LogP) is 3.81. The van der Waals surface area contributed by atoms with Crippen LogP contribution < -0.4 is 4.74 Å². The molecule has 0 atom stereocenters. The van der Waals surface area contributed by atoms with Crippen molar-refractivity contribution in [2.24, 2.45) is 0 Å². The average Bonchev–Trinajstić information content (AvgIpc) is 2.84. The van der Waals surface area contributed by atoms with E-state index < -0.39 is 0 Å². The van der Waals surface area contributed by atoms with E-state index in [-0.39, 0.29) is 5.82 Å². The summed E-state index contributed by atoms with van der Waals surface area (Å²) < 4.78 is 19.7. The molecule has 0 spiro atoms. The minimum Gasteiger partial charge on any atom is -0.497 e. The Morgan fingerprint density at radius 2 is 2.05 bits per heavy atom. The van der Waals surface area contributed by atoms with E-state index in [4.69, 9.17) is 4.74 Å². The van der Waals surface area contributed by atoms with E-state index >= 15 is 0 Å². The van der Waals surface area contributed by atoms with Crippen LogP contribution in [0.1, 0.15) is 5.82 Å². The molecular weight excluding hydrogens is 263 g/mol. The number of methoxy groups -OCH3 is 1. The van der Waals surface area contributed by atoms with Crippen LogP contribution in [0.2, 0.25) is 0 Å². The highest BCUT2D eigenvalue weighted by molar-refractivity contribution is 7.17. The van der Waals surface area contributed by atoms with Crippen molar-refractivity contribution >= 4 is 21.6 Å². The van der Waals surface area contributed by atoms with E-state index in [0.29, 0.717) is 17.1 Å². The fourth-order valence-corrected chi connectivity index (χ4v) is 2.84. The maximum absolute atomic E-state index is 13.6. The summed E-state index contributed by atoms with van der Waals surface area (Å²) in [6, 6.07) is 6.53. The molecule has 0 saturated carbocycles. The van der Waals surface area contributed by atoms with Gasteiger partial charge < -0.3 is 4.74 Å². The zero-order valence-electron chi connectivity index (χ0n) is 10.5. The van der Waals surface area contributed by atoms with Gasteiger partial charge >= 0.3 is 0 Å². The highest BCUT2D eigenvalue weighted by atomic mass is 32.1. The first kappa shape index (κ1) is 12.0. The lowest BCUT2D eigenvalue weighted by molar-refractivity contribution is 0.411. The van der Waals surface area contributed by atoms with E-state index in [0.717, 1.165) is 15.9 Å². The van der Waals surface area contributed by atoms with Crippen LogP contribution in [0.5, 0.6) is 5.75 Å². The van der Waals surface area contributed by atoms with Crippen LogP contribution in [0.25, 0.3) is 21.5 Å². The summed E-state index contributed by atoms with van der Waals surface area (Å²) >= 11 is 1.55. The Morgan fingerprint density at radius 1 is 1.21 bits per heavy atom. The van der Waals surface area contributed by atoms with Gasteiger partial charge in [0, 0.05) is 11.6 Å². The molecule has 2 aromatic heterocycles. The molecule has 3 nitrogen and oxygen atoms in total. The molecular formula is C14H11FN2OS. The van der Waals surface area contributed by atoms with Crippen molar-refractivity contribution in [3.63, 3.8) is 0 Å². The topological polar surface area (TPSA) is 35.0 Å². The Hall–Kier alpha value is -2.01. The number of hydrogen-bond acceptors (Lipinski definition) is 4. The fourth-order valence-electron chi connectivity index (χ4n) is 1.99. The smallest absolute Gasteiger partial charge is 0.127 e. The van der Waals surface area contributed by atoms with Crippen LogP contribution in [-0.2, 0) is 0 Å². The number of benzene rings is 1. The minimum atomic E-state index is -0.338. The van der Waals surface area contributed by atoms with Crippen molar-refractivity contribution in [3.05, 3.63) is 41.3 Å². The van der Waals surface area contributed by atoms with Gasteiger partial charge in [0.25, 0.3) is 0 Å². The highest BCUT2D eigenvalue weighted by Crippen LogP contribution is 2.32. The second-order valence-corrected chi connectivity index (χ2v) is 5.05. The molecule has 1 aromatic carbocycles. The first-order chi connectivity index (χ1) is 9.17. The lowest BCUT2D eigenvalue weighted by Gasteiger charge is -2.07. The molecule has 0 radical (unpaired) electrons. The van der Waals surface area contributed by atoms with Gasteiger partial charge in [-0.1, -0.05) is 0 Å². The fraction of sp³-hybridized carbons (Fsp3) is 0.143. The lowest BCUT2D eigenvalue weighted by atomic mass is 10.1. The Kier molecular flexibility index (Phi) is 2.91. The molecule has 5 heteroatoms. The van der Waals surface area contributed by atoms with Gasteiger partial charge in [0.1, 0.15) is 17.4 Å². The van der Waals surface area contributed by atoms with Crippen LogP contribution in [0.15, 0.2) is 29.6 Å². The zero-order chi connectivity index (χ0) is 13.4. The molecule has 0 amide bonds. The van der Waals surface area contributed by atoms with Crippen LogP contribution in [0, 0.1) is 12.7 Å². The third-order valence-corrected chi connectivity index (χ3v) is 3.71. The number of aryl methyl sites for hydroxylation is 1. The molecule has 0 fully saturated rings. The van der Waals surface area contributed by atoms with Gasteiger partial charge in [-0.05, 0) is 30.5 Å². The van der Waals surface area contributed by atoms with E-state index in [2.05, 4.69) is 9.97 Å². The van der Waals surface area contributed by atoms with E-state index in [1.165, 1.54) is 19.2 Å². The molecule has 2 heterocycles. The SMILES string of the molecule is COc1cc(F)cc(-c2nc(C)nc3ccsc23)c1. The largest absolute Gasteiger partial charge is 0.497 e. The van der Waals surface area contributed by atoms with Crippen molar-refractivity contribution in [2.75, 3.05) is 7.11 Å². The first-order valence-corrected chi connectivity index (χ1v) is 6.62. The molecule has 0 bridgehead atoms. The second kappa shape index (κ2) is 4.59. The Bertz CT molecular complexity index is 754. The molecule has 0 aliphatic heterocycles. The second-order valence-electron chi connectivity index (χ2n) is 4.13. The maximum atomic E-state index is 13.6. The Morgan fingerprint density at radius 3 is 2.84 bits per heavy atom. The highest BCUT2D eigenvalue weighted by Gasteiger charge is 2.11. The van der Waals surface area contributed by atoms with Crippen molar-refractivity contribution in [3.8, 4) is 17.0 Å². The third-order valence-electron chi connectivity index (χ3n) is 2.80. The van der Waals surface area contributed by atoms with Crippen molar-refractivity contribution in [2.45, 2.75) is 6.92 Å². The molecule has 0 aliphatic carbocycles. The van der Waals surface area contributed by atoms with E-state index in [9.17, 15) is 4.39 Å². The van der Waals surface area contributed by atoms with Crippen LogP contribution in [0.4, 0.5) is 4.39 Å². The third kappa shape index (κ3) is 2.17. The maximum Gasteiger partial charge on any atom is 0.127 e. The molecule has 96 valence electrons. The molecule has 3 rings (SSSR count).